The first kappa shape index (κ1) is 22.3. The third-order valence-electron chi connectivity index (χ3n) is 4.90. The number of carbonyl (C=O) groups is 2. The van der Waals surface area contributed by atoms with E-state index in [-0.39, 0.29) is 18.3 Å². The van der Waals surface area contributed by atoms with E-state index in [9.17, 15) is 14.9 Å². The number of fused-ring (bicyclic) bond motifs is 1. The minimum Gasteiger partial charge on any atom is -0.462 e. The maximum Gasteiger partial charge on any atom is 0.341 e. The van der Waals surface area contributed by atoms with Crippen molar-refractivity contribution in [3.05, 3.63) is 38.9 Å². The van der Waals surface area contributed by atoms with Crippen LogP contribution in [-0.2, 0) is 22.4 Å². The largest absolute Gasteiger partial charge is 0.462 e. The molecule has 2 aromatic rings. The highest BCUT2D eigenvalue weighted by atomic mass is 32.2. The van der Waals surface area contributed by atoms with Gasteiger partial charge in [0.15, 0.2) is 0 Å². The number of amides is 1. The summed E-state index contributed by atoms with van der Waals surface area (Å²) in [5.74, 6) is -0.0230. The first-order chi connectivity index (χ1) is 14.4. The lowest BCUT2D eigenvalue weighted by molar-refractivity contribution is -0.115. The van der Waals surface area contributed by atoms with Crippen LogP contribution in [0.2, 0.25) is 0 Å². The Kier molecular flexibility index (Phi) is 7.51. The summed E-state index contributed by atoms with van der Waals surface area (Å²) < 4.78 is 5.23. The monoisotopic (exact) mass is 443 g/mol. The SMILES string of the molecule is CCOC(=O)c1c(NC(=O)CCSc2nc(C)cc(C)c2C#N)sc2c1CCCC2. The van der Waals surface area contributed by atoms with Gasteiger partial charge in [0.1, 0.15) is 16.1 Å². The summed E-state index contributed by atoms with van der Waals surface area (Å²) in [6, 6.07) is 4.07. The summed E-state index contributed by atoms with van der Waals surface area (Å²) in [4.78, 5) is 30.7. The average molecular weight is 444 g/mol. The quantitative estimate of drug-likeness (QED) is 0.488. The first-order valence-corrected chi connectivity index (χ1v) is 11.9. The van der Waals surface area contributed by atoms with Crippen molar-refractivity contribution in [1.82, 2.24) is 4.98 Å². The van der Waals surface area contributed by atoms with E-state index in [0.29, 0.717) is 33.5 Å². The number of thiophene rings is 1. The van der Waals surface area contributed by atoms with Gasteiger partial charge in [-0.15, -0.1) is 23.1 Å². The van der Waals surface area contributed by atoms with E-state index in [0.717, 1.165) is 42.5 Å². The van der Waals surface area contributed by atoms with Crippen molar-refractivity contribution >= 4 is 40.0 Å². The number of rotatable bonds is 7. The van der Waals surface area contributed by atoms with Crippen molar-refractivity contribution in [3.8, 4) is 6.07 Å². The van der Waals surface area contributed by atoms with E-state index in [4.69, 9.17) is 4.74 Å². The van der Waals surface area contributed by atoms with Gasteiger partial charge in [-0.2, -0.15) is 5.26 Å². The predicted octanol–water partition coefficient (Wildman–Crippen LogP) is 4.81. The highest BCUT2D eigenvalue weighted by molar-refractivity contribution is 7.99. The molecule has 0 aromatic carbocycles. The van der Waals surface area contributed by atoms with Crippen molar-refractivity contribution in [3.63, 3.8) is 0 Å². The molecule has 1 amide bonds. The van der Waals surface area contributed by atoms with Gasteiger partial charge in [0.25, 0.3) is 0 Å². The second-order valence-corrected chi connectivity index (χ2v) is 9.34. The lowest BCUT2D eigenvalue weighted by atomic mass is 9.95. The smallest absolute Gasteiger partial charge is 0.341 e. The van der Waals surface area contributed by atoms with Crippen LogP contribution in [0.1, 0.15) is 63.8 Å². The van der Waals surface area contributed by atoms with Crippen molar-refractivity contribution in [2.45, 2.75) is 57.9 Å². The van der Waals surface area contributed by atoms with Gasteiger partial charge >= 0.3 is 5.97 Å². The number of nitrogens with one attached hydrogen (secondary N) is 1. The molecule has 0 spiro atoms. The Labute approximate surface area is 185 Å². The van der Waals surface area contributed by atoms with E-state index in [1.54, 1.807) is 6.92 Å². The number of nitrogens with zero attached hydrogens (tertiary/aromatic N) is 2. The van der Waals surface area contributed by atoms with Crippen LogP contribution in [0.4, 0.5) is 5.00 Å². The number of thioether (sulfide) groups is 1. The molecule has 3 rings (SSSR count). The summed E-state index contributed by atoms with van der Waals surface area (Å²) >= 11 is 2.89. The minimum atomic E-state index is -0.361. The fraction of sp³-hybridized carbons (Fsp3) is 0.455. The lowest BCUT2D eigenvalue weighted by Crippen LogP contribution is -2.16. The molecule has 0 radical (unpaired) electrons. The van der Waals surface area contributed by atoms with Crippen LogP contribution < -0.4 is 5.32 Å². The molecule has 1 aliphatic rings. The summed E-state index contributed by atoms with van der Waals surface area (Å²) in [5, 5.41) is 13.5. The fourth-order valence-electron chi connectivity index (χ4n) is 3.55. The van der Waals surface area contributed by atoms with Gasteiger partial charge in [0, 0.05) is 22.7 Å². The zero-order valence-electron chi connectivity index (χ0n) is 17.5. The number of ether oxygens (including phenoxy) is 1. The number of nitriles is 1. The topological polar surface area (TPSA) is 92.1 Å². The van der Waals surface area contributed by atoms with E-state index in [2.05, 4.69) is 16.4 Å². The van der Waals surface area contributed by atoms with Gasteiger partial charge in [-0.3, -0.25) is 4.79 Å². The van der Waals surface area contributed by atoms with Gasteiger partial charge in [0.05, 0.1) is 17.7 Å². The molecule has 0 atom stereocenters. The first-order valence-electron chi connectivity index (χ1n) is 10.1. The minimum absolute atomic E-state index is 0.158. The number of carbonyl (C=O) groups excluding carboxylic acids is 2. The summed E-state index contributed by atoms with van der Waals surface area (Å²) in [6.45, 7) is 5.86. The number of aryl methyl sites for hydroxylation is 3. The third-order valence-corrected chi connectivity index (χ3v) is 7.08. The number of hydrogen-bond acceptors (Lipinski definition) is 7. The Balaban J connectivity index is 1.68. The van der Waals surface area contributed by atoms with Gasteiger partial charge in [-0.05, 0) is 63.6 Å². The molecular weight excluding hydrogens is 418 g/mol. The van der Waals surface area contributed by atoms with E-state index in [1.807, 2.05) is 19.9 Å². The van der Waals surface area contributed by atoms with Crippen LogP contribution in [0.25, 0.3) is 0 Å². The molecule has 1 N–H and O–H groups in total. The van der Waals surface area contributed by atoms with Crippen LogP contribution in [0.15, 0.2) is 11.1 Å². The molecule has 0 aliphatic heterocycles. The zero-order chi connectivity index (χ0) is 21.7. The van der Waals surface area contributed by atoms with Gasteiger partial charge < -0.3 is 10.1 Å². The van der Waals surface area contributed by atoms with Crippen LogP contribution in [0, 0.1) is 25.2 Å². The second kappa shape index (κ2) is 10.1. The number of anilines is 1. The highest BCUT2D eigenvalue weighted by Gasteiger charge is 2.27. The molecule has 158 valence electrons. The second-order valence-electron chi connectivity index (χ2n) is 7.15. The predicted molar refractivity (Wildman–Crippen MR) is 119 cm³/mol. The Morgan fingerprint density at radius 3 is 2.83 bits per heavy atom. The van der Waals surface area contributed by atoms with Crippen LogP contribution in [-0.4, -0.2) is 29.2 Å². The van der Waals surface area contributed by atoms with E-state index in [1.165, 1.54) is 28.0 Å². The van der Waals surface area contributed by atoms with Crippen LogP contribution >= 0.6 is 23.1 Å². The third kappa shape index (κ3) is 5.02. The Bertz CT molecular complexity index is 1010. The van der Waals surface area contributed by atoms with Crippen molar-refractivity contribution < 1.29 is 14.3 Å². The van der Waals surface area contributed by atoms with E-state index >= 15 is 0 Å². The van der Waals surface area contributed by atoms with Crippen molar-refractivity contribution in [2.75, 3.05) is 17.7 Å². The molecule has 6 nitrogen and oxygen atoms in total. The molecule has 0 saturated carbocycles. The van der Waals surface area contributed by atoms with Gasteiger partial charge in [-0.1, -0.05) is 0 Å². The van der Waals surface area contributed by atoms with Crippen molar-refractivity contribution in [2.24, 2.45) is 0 Å². The maximum absolute atomic E-state index is 12.6. The molecule has 0 saturated heterocycles. The molecule has 2 aromatic heterocycles. The summed E-state index contributed by atoms with van der Waals surface area (Å²) in [6.07, 6.45) is 4.19. The molecule has 30 heavy (non-hydrogen) atoms. The molecule has 1 aliphatic carbocycles. The van der Waals surface area contributed by atoms with Crippen LogP contribution in [0.3, 0.4) is 0 Å². The van der Waals surface area contributed by atoms with Crippen molar-refractivity contribution in [1.29, 1.82) is 5.26 Å². The number of hydrogen-bond donors (Lipinski definition) is 1. The zero-order valence-corrected chi connectivity index (χ0v) is 19.1. The highest BCUT2D eigenvalue weighted by Crippen LogP contribution is 2.38. The molecule has 0 fully saturated rings. The van der Waals surface area contributed by atoms with Crippen LogP contribution in [0.5, 0.6) is 0 Å². The molecule has 0 bridgehead atoms. The average Bonchev–Trinajstić information content (AvgIpc) is 3.05. The van der Waals surface area contributed by atoms with E-state index < -0.39 is 0 Å². The molecule has 8 heteroatoms. The molecular formula is C22H25N3O3S2. The Morgan fingerprint density at radius 2 is 2.10 bits per heavy atom. The Hall–Kier alpha value is -2.37. The standard InChI is InChI=1S/C22H25N3O3S2/c1-4-28-22(27)19-15-7-5-6-8-17(15)30-21(19)25-18(26)9-10-29-20-16(12-23)13(2)11-14(3)24-20/h11H,4-10H2,1-3H3,(H,25,26). The fourth-order valence-corrected chi connectivity index (χ4v) is 5.88. The van der Waals surface area contributed by atoms with Gasteiger partial charge in [0.2, 0.25) is 5.91 Å². The summed E-state index contributed by atoms with van der Waals surface area (Å²) in [7, 11) is 0. The Morgan fingerprint density at radius 1 is 1.33 bits per heavy atom. The van der Waals surface area contributed by atoms with Gasteiger partial charge in [-0.25, -0.2) is 9.78 Å². The normalized spacial score (nSPS) is 12.7. The number of aromatic nitrogens is 1. The number of esters is 1. The summed E-state index contributed by atoms with van der Waals surface area (Å²) in [5.41, 5.74) is 3.86. The molecule has 0 unspecified atom stereocenters. The lowest BCUT2D eigenvalue weighted by Gasteiger charge is -2.12. The maximum atomic E-state index is 12.6. The number of pyridine rings is 1. The molecule has 2 heterocycles.